The van der Waals surface area contributed by atoms with E-state index in [9.17, 15) is 10.1 Å². The minimum Gasteiger partial charge on any atom is -0.482 e. The summed E-state index contributed by atoms with van der Waals surface area (Å²) in [5.74, 6) is 0.249. The van der Waals surface area contributed by atoms with Crippen molar-refractivity contribution in [3.05, 3.63) is 44.9 Å². The fraction of sp³-hybridized carbons (Fsp3) is 0.385. The largest absolute Gasteiger partial charge is 0.482 e. The van der Waals surface area contributed by atoms with E-state index in [-0.39, 0.29) is 18.0 Å². The number of nitro groups is 1. The molecule has 104 valence electrons. The summed E-state index contributed by atoms with van der Waals surface area (Å²) >= 11 is 3.20. The molecule has 5 nitrogen and oxygen atoms in total. The van der Waals surface area contributed by atoms with Crippen LogP contribution in [0.3, 0.4) is 0 Å². The van der Waals surface area contributed by atoms with Gasteiger partial charge in [-0.05, 0) is 17.7 Å². The van der Waals surface area contributed by atoms with E-state index in [4.69, 9.17) is 4.74 Å². The molecule has 0 aliphatic heterocycles. The van der Waals surface area contributed by atoms with Gasteiger partial charge in [-0.1, -0.05) is 36.4 Å². The molecule has 1 aromatic rings. The Labute approximate surface area is 120 Å². The fourth-order valence-corrected chi connectivity index (χ4v) is 1.68. The number of halogens is 1. The summed E-state index contributed by atoms with van der Waals surface area (Å²) in [4.78, 5) is 10.4. The predicted molar refractivity (Wildman–Crippen MR) is 78.6 cm³/mol. The predicted octanol–water partition coefficient (Wildman–Crippen LogP) is 3.29. The molecule has 1 N–H and O–H groups in total. The number of rotatable bonds is 7. The highest BCUT2D eigenvalue weighted by Crippen LogP contribution is 2.30. The summed E-state index contributed by atoms with van der Waals surface area (Å²) in [6.45, 7) is 8.82. The van der Waals surface area contributed by atoms with Crippen LogP contribution < -0.4 is 10.1 Å². The highest BCUT2D eigenvalue weighted by molar-refractivity contribution is 9.10. The van der Waals surface area contributed by atoms with Gasteiger partial charge in [-0.15, -0.1) is 0 Å². The van der Waals surface area contributed by atoms with Crippen molar-refractivity contribution >= 4 is 21.6 Å². The summed E-state index contributed by atoms with van der Waals surface area (Å²) < 4.78 is 6.09. The smallest absolute Gasteiger partial charge is 0.312 e. The van der Waals surface area contributed by atoms with Gasteiger partial charge in [0.1, 0.15) is 6.61 Å². The average Bonchev–Trinajstić information content (AvgIpc) is 2.34. The quantitative estimate of drug-likeness (QED) is 0.474. The molecule has 0 radical (unpaired) electrons. The number of benzene rings is 1. The first-order valence-electron chi connectivity index (χ1n) is 5.87. The molecule has 0 saturated heterocycles. The van der Waals surface area contributed by atoms with Crippen LogP contribution in [0.2, 0.25) is 0 Å². The van der Waals surface area contributed by atoms with E-state index in [2.05, 4.69) is 27.8 Å². The van der Waals surface area contributed by atoms with Crippen LogP contribution in [0.1, 0.15) is 13.8 Å². The molecule has 1 rings (SSSR count). The van der Waals surface area contributed by atoms with Crippen LogP contribution >= 0.6 is 15.9 Å². The molecule has 0 unspecified atom stereocenters. The van der Waals surface area contributed by atoms with E-state index >= 15 is 0 Å². The van der Waals surface area contributed by atoms with E-state index in [0.717, 1.165) is 5.57 Å². The SMILES string of the molecule is C=C(CNC(C)C)COc1ccc(Br)cc1[N+](=O)[O-]. The Morgan fingerprint density at radius 3 is 2.84 bits per heavy atom. The van der Waals surface area contributed by atoms with E-state index in [0.29, 0.717) is 17.1 Å². The topological polar surface area (TPSA) is 64.4 Å². The van der Waals surface area contributed by atoms with Crippen molar-refractivity contribution in [2.45, 2.75) is 19.9 Å². The highest BCUT2D eigenvalue weighted by Gasteiger charge is 2.15. The lowest BCUT2D eigenvalue weighted by Gasteiger charge is -2.12. The lowest BCUT2D eigenvalue weighted by molar-refractivity contribution is -0.385. The van der Waals surface area contributed by atoms with Gasteiger partial charge in [-0.2, -0.15) is 0 Å². The van der Waals surface area contributed by atoms with Crippen LogP contribution in [-0.4, -0.2) is 24.1 Å². The third-order valence-electron chi connectivity index (χ3n) is 2.31. The minimum atomic E-state index is -0.463. The molecule has 0 fully saturated rings. The van der Waals surface area contributed by atoms with Gasteiger partial charge in [0, 0.05) is 23.1 Å². The summed E-state index contributed by atoms with van der Waals surface area (Å²) in [5.41, 5.74) is 0.782. The molecule has 0 heterocycles. The molecule has 0 aromatic heterocycles. The maximum absolute atomic E-state index is 10.9. The first kappa shape index (κ1) is 15.7. The van der Waals surface area contributed by atoms with Crippen LogP contribution in [0, 0.1) is 10.1 Å². The molecular formula is C13H17BrN2O3. The van der Waals surface area contributed by atoms with Crippen molar-refractivity contribution in [1.29, 1.82) is 0 Å². The summed E-state index contributed by atoms with van der Waals surface area (Å²) in [5, 5.41) is 14.1. The van der Waals surface area contributed by atoms with Crippen molar-refractivity contribution in [2.24, 2.45) is 0 Å². The van der Waals surface area contributed by atoms with Gasteiger partial charge in [0.15, 0.2) is 5.75 Å². The second-order valence-electron chi connectivity index (χ2n) is 4.44. The van der Waals surface area contributed by atoms with Crippen LogP contribution in [-0.2, 0) is 0 Å². The molecule has 0 amide bonds. The normalized spacial score (nSPS) is 10.5. The molecule has 1 aromatic carbocycles. The first-order chi connectivity index (χ1) is 8.90. The van der Waals surface area contributed by atoms with Gasteiger partial charge >= 0.3 is 5.69 Å². The zero-order valence-corrected chi connectivity index (χ0v) is 12.6. The zero-order valence-electron chi connectivity index (χ0n) is 11.0. The second-order valence-corrected chi connectivity index (χ2v) is 5.36. The second kappa shape index (κ2) is 7.25. The number of nitro benzene ring substituents is 1. The molecule has 0 atom stereocenters. The summed E-state index contributed by atoms with van der Waals surface area (Å²) in [6, 6.07) is 5.06. The Hall–Kier alpha value is -1.40. The van der Waals surface area contributed by atoms with Gasteiger partial charge < -0.3 is 10.1 Å². The van der Waals surface area contributed by atoms with Crippen LogP contribution in [0.5, 0.6) is 5.75 Å². The Balaban J connectivity index is 2.62. The fourth-order valence-electron chi connectivity index (χ4n) is 1.33. The molecule has 6 heteroatoms. The number of ether oxygens (including phenoxy) is 1. The number of nitrogens with zero attached hydrogens (tertiary/aromatic N) is 1. The van der Waals surface area contributed by atoms with Crippen molar-refractivity contribution in [2.75, 3.05) is 13.2 Å². The molecule has 0 aliphatic rings. The van der Waals surface area contributed by atoms with Crippen LogP contribution in [0.15, 0.2) is 34.8 Å². The Kier molecular flexibility index (Phi) is 5.98. The van der Waals surface area contributed by atoms with Gasteiger partial charge in [-0.3, -0.25) is 10.1 Å². The van der Waals surface area contributed by atoms with E-state index < -0.39 is 4.92 Å². The van der Waals surface area contributed by atoms with Gasteiger partial charge in [-0.25, -0.2) is 0 Å². The Morgan fingerprint density at radius 1 is 1.58 bits per heavy atom. The first-order valence-corrected chi connectivity index (χ1v) is 6.66. The van der Waals surface area contributed by atoms with Crippen LogP contribution in [0.4, 0.5) is 5.69 Å². The van der Waals surface area contributed by atoms with Gasteiger partial charge in [0.05, 0.1) is 4.92 Å². The summed E-state index contributed by atoms with van der Waals surface area (Å²) in [6.07, 6.45) is 0. The molecule has 0 aliphatic carbocycles. The summed E-state index contributed by atoms with van der Waals surface area (Å²) in [7, 11) is 0. The van der Waals surface area contributed by atoms with Crippen molar-refractivity contribution in [3.8, 4) is 5.75 Å². The molecule has 0 saturated carbocycles. The van der Waals surface area contributed by atoms with Crippen molar-refractivity contribution < 1.29 is 9.66 Å². The van der Waals surface area contributed by atoms with Crippen molar-refractivity contribution in [1.82, 2.24) is 5.32 Å². The van der Waals surface area contributed by atoms with Crippen molar-refractivity contribution in [3.63, 3.8) is 0 Å². The molecule has 0 spiro atoms. The Morgan fingerprint density at radius 2 is 2.26 bits per heavy atom. The minimum absolute atomic E-state index is 0.0565. The standard InChI is InChI=1S/C13H17BrN2O3/c1-9(2)15-7-10(3)8-19-13-5-4-11(14)6-12(13)16(17)18/h4-6,9,15H,3,7-8H2,1-2H3. The molecule has 19 heavy (non-hydrogen) atoms. The van der Waals surface area contributed by atoms with Gasteiger partial charge in [0.25, 0.3) is 0 Å². The molecular weight excluding hydrogens is 312 g/mol. The highest BCUT2D eigenvalue weighted by atomic mass is 79.9. The average molecular weight is 329 g/mol. The number of hydrogen-bond acceptors (Lipinski definition) is 4. The Bertz CT molecular complexity index is 475. The van der Waals surface area contributed by atoms with E-state index in [1.165, 1.54) is 6.07 Å². The zero-order chi connectivity index (χ0) is 14.4. The van der Waals surface area contributed by atoms with E-state index in [1.807, 2.05) is 13.8 Å². The maximum Gasteiger partial charge on any atom is 0.312 e. The maximum atomic E-state index is 10.9. The van der Waals surface area contributed by atoms with Gasteiger partial charge in [0.2, 0.25) is 0 Å². The molecule has 0 bridgehead atoms. The number of nitrogens with one attached hydrogen (secondary N) is 1. The lowest BCUT2D eigenvalue weighted by atomic mass is 10.2. The van der Waals surface area contributed by atoms with E-state index in [1.54, 1.807) is 12.1 Å². The monoisotopic (exact) mass is 328 g/mol. The number of hydrogen-bond donors (Lipinski definition) is 1. The third kappa shape index (κ3) is 5.40. The third-order valence-corrected chi connectivity index (χ3v) is 2.80. The van der Waals surface area contributed by atoms with Crippen LogP contribution in [0.25, 0.3) is 0 Å². The lowest BCUT2D eigenvalue weighted by Crippen LogP contribution is -2.26.